The highest BCUT2D eigenvalue weighted by Gasteiger charge is 2.29. The molecule has 0 fully saturated rings. The summed E-state index contributed by atoms with van der Waals surface area (Å²) in [4.78, 5) is 14.8. The Morgan fingerprint density at radius 3 is 2.60 bits per heavy atom. The Bertz CT molecular complexity index is 265. The standard InChI is InChI=1S/C6H5NO2S/c1-3-5(6(8)9)7-4(2)10-3/h2H2,1H3/p+1. The van der Waals surface area contributed by atoms with Gasteiger partial charge in [-0.2, -0.15) is 4.99 Å². The number of aliphatic imine (C=N–C) groups is 1. The van der Waals surface area contributed by atoms with Gasteiger partial charge in [-0.25, -0.2) is 4.79 Å². The molecule has 0 unspecified atom stereocenters. The van der Waals surface area contributed by atoms with Crippen molar-refractivity contribution in [2.75, 3.05) is 0 Å². The number of carboxylic acid groups (broad SMARTS) is 1. The summed E-state index contributed by atoms with van der Waals surface area (Å²) in [6, 6.07) is 0. The third kappa shape index (κ3) is 1.11. The van der Waals surface area contributed by atoms with Gasteiger partial charge in [-0.15, -0.1) is 0 Å². The van der Waals surface area contributed by atoms with Crippen molar-refractivity contribution >= 4 is 27.9 Å². The molecule has 1 rings (SSSR count). The van der Waals surface area contributed by atoms with Gasteiger partial charge in [-0.3, -0.25) is 0 Å². The largest absolute Gasteiger partial charge is 0.476 e. The Hall–Kier alpha value is -1.03. The average molecular weight is 156 g/mol. The van der Waals surface area contributed by atoms with E-state index in [-0.39, 0.29) is 5.71 Å². The first-order valence-electron chi connectivity index (χ1n) is 2.64. The monoisotopic (exact) mass is 156 g/mol. The molecule has 0 aromatic heterocycles. The first kappa shape index (κ1) is 7.08. The van der Waals surface area contributed by atoms with E-state index >= 15 is 0 Å². The zero-order valence-corrected chi connectivity index (χ0v) is 6.23. The van der Waals surface area contributed by atoms with Crippen molar-refractivity contribution in [3.63, 3.8) is 0 Å². The third-order valence-electron chi connectivity index (χ3n) is 1.04. The van der Waals surface area contributed by atoms with Gasteiger partial charge in [0, 0.05) is 6.92 Å². The lowest BCUT2D eigenvalue weighted by Crippen LogP contribution is -2.18. The molecule has 1 aliphatic rings. The van der Waals surface area contributed by atoms with Crippen LogP contribution in [0.3, 0.4) is 0 Å². The number of hydrogen-bond donors (Lipinski definition) is 1. The number of hydrogen-bond acceptors (Lipinski definition) is 2. The molecule has 0 spiro atoms. The summed E-state index contributed by atoms with van der Waals surface area (Å²) < 4.78 is 0. The fourth-order valence-corrected chi connectivity index (χ4v) is 1.37. The van der Waals surface area contributed by atoms with Crippen LogP contribution in [-0.4, -0.2) is 21.7 Å². The van der Waals surface area contributed by atoms with Crippen LogP contribution in [-0.2, 0) is 16.1 Å². The number of carboxylic acids is 1. The van der Waals surface area contributed by atoms with E-state index in [9.17, 15) is 4.79 Å². The SMILES string of the molecule is C=C1N=C(C(=O)O)C(C)=[S+]1. The number of carbonyl (C=O) groups is 1. The molecule has 0 aliphatic carbocycles. The minimum atomic E-state index is -0.983. The van der Waals surface area contributed by atoms with Gasteiger partial charge in [0.2, 0.25) is 21.9 Å². The fraction of sp³-hybridized carbons (Fsp3) is 0.167. The molecule has 0 aromatic carbocycles. The second-order valence-electron chi connectivity index (χ2n) is 1.82. The molecule has 0 aromatic rings. The lowest BCUT2D eigenvalue weighted by Gasteiger charge is -1.82. The van der Waals surface area contributed by atoms with E-state index in [0.29, 0.717) is 9.89 Å². The molecule has 0 radical (unpaired) electrons. The van der Waals surface area contributed by atoms with Crippen LogP contribution < -0.4 is 0 Å². The van der Waals surface area contributed by atoms with Crippen molar-refractivity contribution in [1.29, 1.82) is 0 Å². The van der Waals surface area contributed by atoms with E-state index in [1.54, 1.807) is 6.92 Å². The predicted octanol–water partition coefficient (Wildman–Crippen LogP) is 0.272. The van der Waals surface area contributed by atoms with Crippen molar-refractivity contribution in [1.82, 2.24) is 0 Å². The molecule has 1 aliphatic heterocycles. The van der Waals surface area contributed by atoms with Crippen molar-refractivity contribution in [2.24, 2.45) is 4.99 Å². The minimum absolute atomic E-state index is 0.120. The summed E-state index contributed by atoms with van der Waals surface area (Å²) in [5.41, 5.74) is 0.120. The van der Waals surface area contributed by atoms with E-state index in [2.05, 4.69) is 11.6 Å². The van der Waals surface area contributed by atoms with E-state index in [4.69, 9.17) is 5.11 Å². The zero-order chi connectivity index (χ0) is 7.72. The molecule has 1 heterocycles. The molecule has 3 nitrogen and oxygen atoms in total. The van der Waals surface area contributed by atoms with Crippen molar-refractivity contribution < 1.29 is 9.90 Å². The van der Waals surface area contributed by atoms with Gasteiger partial charge in [-0.05, 0) is 6.58 Å². The molecular formula is C6H6NO2S+. The third-order valence-corrected chi connectivity index (χ3v) is 1.87. The van der Waals surface area contributed by atoms with Crippen molar-refractivity contribution in [2.45, 2.75) is 6.92 Å². The topological polar surface area (TPSA) is 49.7 Å². The summed E-state index contributed by atoms with van der Waals surface area (Å²) >= 11 is 1.29. The van der Waals surface area contributed by atoms with Gasteiger partial charge >= 0.3 is 11.0 Å². The van der Waals surface area contributed by atoms with Crippen LogP contribution in [0.4, 0.5) is 0 Å². The molecule has 0 amide bonds. The Balaban J connectivity index is 3.01. The first-order valence-corrected chi connectivity index (χ1v) is 3.45. The summed E-state index contributed by atoms with van der Waals surface area (Å²) in [6.07, 6.45) is 0. The summed E-state index contributed by atoms with van der Waals surface area (Å²) in [7, 11) is 0. The van der Waals surface area contributed by atoms with Crippen LogP contribution in [0.5, 0.6) is 0 Å². The highest BCUT2D eigenvalue weighted by Crippen LogP contribution is 2.03. The van der Waals surface area contributed by atoms with Gasteiger partial charge in [0.05, 0.1) is 0 Å². The maximum Gasteiger partial charge on any atom is 0.360 e. The fourth-order valence-electron chi connectivity index (χ4n) is 0.650. The van der Waals surface area contributed by atoms with Crippen LogP contribution in [0.15, 0.2) is 16.6 Å². The molecular weight excluding hydrogens is 150 g/mol. The highest BCUT2D eigenvalue weighted by atomic mass is 32.1. The molecule has 0 bridgehead atoms. The Kier molecular flexibility index (Phi) is 1.63. The van der Waals surface area contributed by atoms with Crippen LogP contribution in [0.1, 0.15) is 6.92 Å². The van der Waals surface area contributed by atoms with E-state index in [1.807, 2.05) is 0 Å². The van der Waals surface area contributed by atoms with Crippen molar-refractivity contribution in [3.8, 4) is 0 Å². The van der Waals surface area contributed by atoms with Gasteiger partial charge < -0.3 is 5.11 Å². The zero-order valence-electron chi connectivity index (χ0n) is 5.42. The minimum Gasteiger partial charge on any atom is -0.476 e. The average Bonchev–Trinajstić information content (AvgIpc) is 2.10. The lowest BCUT2D eigenvalue weighted by atomic mass is 10.3. The van der Waals surface area contributed by atoms with Gasteiger partial charge in [0.1, 0.15) is 0 Å². The van der Waals surface area contributed by atoms with E-state index < -0.39 is 5.97 Å². The van der Waals surface area contributed by atoms with E-state index in [0.717, 1.165) is 0 Å². The number of aliphatic carboxylic acids is 1. The van der Waals surface area contributed by atoms with E-state index in [1.165, 1.54) is 11.4 Å². The molecule has 0 saturated heterocycles. The Morgan fingerprint density at radius 2 is 2.40 bits per heavy atom. The smallest absolute Gasteiger partial charge is 0.360 e. The van der Waals surface area contributed by atoms with Gasteiger partial charge in [0.25, 0.3) is 0 Å². The molecule has 0 atom stereocenters. The predicted molar refractivity (Wildman–Crippen MR) is 42.3 cm³/mol. The second-order valence-corrected chi connectivity index (χ2v) is 3.11. The van der Waals surface area contributed by atoms with Gasteiger partial charge in [0.15, 0.2) is 0 Å². The Labute approximate surface area is 62.0 Å². The molecule has 10 heavy (non-hydrogen) atoms. The van der Waals surface area contributed by atoms with Crippen LogP contribution in [0, 0.1) is 0 Å². The molecule has 4 heteroatoms. The summed E-state index contributed by atoms with van der Waals surface area (Å²) in [5, 5.41) is 9.05. The first-order chi connectivity index (χ1) is 4.61. The molecule has 0 saturated carbocycles. The summed E-state index contributed by atoms with van der Waals surface area (Å²) in [6.45, 7) is 5.25. The number of nitrogens with zero attached hydrogens (tertiary/aromatic N) is 1. The van der Waals surface area contributed by atoms with Crippen LogP contribution in [0.2, 0.25) is 0 Å². The lowest BCUT2D eigenvalue weighted by molar-refractivity contribution is -0.129. The number of rotatable bonds is 1. The molecule has 1 N–H and O–H groups in total. The van der Waals surface area contributed by atoms with Crippen molar-refractivity contribution in [3.05, 3.63) is 11.6 Å². The maximum absolute atomic E-state index is 10.4. The Morgan fingerprint density at radius 1 is 1.80 bits per heavy atom. The normalized spacial score (nSPS) is 16.7. The quantitative estimate of drug-likeness (QED) is 0.437. The second kappa shape index (κ2) is 2.30. The van der Waals surface area contributed by atoms with Gasteiger partial charge in [-0.1, -0.05) is 0 Å². The molecule has 52 valence electrons. The highest BCUT2D eigenvalue weighted by molar-refractivity contribution is 7.85. The summed E-state index contributed by atoms with van der Waals surface area (Å²) in [5.74, 6) is -0.983. The van der Waals surface area contributed by atoms with Crippen LogP contribution >= 0.6 is 0 Å². The van der Waals surface area contributed by atoms with Crippen LogP contribution in [0.25, 0.3) is 0 Å². The maximum atomic E-state index is 10.4.